The predicted octanol–water partition coefficient (Wildman–Crippen LogP) is 2.00. The van der Waals surface area contributed by atoms with Gasteiger partial charge < -0.3 is 5.32 Å². The lowest BCUT2D eigenvalue weighted by molar-refractivity contribution is -0.121. The molecule has 0 spiro atoms. The Labute approximate surface area is 154 Å². The third kappa shape index (κ3) is 3.66. The number of piperidine rings is 1. The van der Waals surface area contributed by atoms with Crippen molar-refractivity contribution in [2.75, 3.05) is 18.4 Å². The molecule has 1 saturated heterocycles. The Hall–Kier alpha value is -2.58. The Morgan fingerprint density at radius 3 is 3.15 bits per heavy atom. The molecule has 1 aliphatic rings. The number of nitrogens with one attached hydrogen (secondary N) is 1. The zero-order valence-electron chi connectivity index (χ0n) is 14.2. The number of thiazole rings is 1. The topological polar surface area (TPSA) is 79.6 Å². The van der Waals surface area contributed by atoms with Crippen LogP contribution in [0.1, 0.15) is 18.5 Å². The zero-order valence-corrected chi connectivity index (χ0v) is 15.0. The third-order valence-corrected chi connectivity index (χ3v) is 5.29. The van der Waals surface area contributed by atoms with E-state index in [1.165, 1.54) is 11.3 Å². The van der Waals surface area contributed by atoms with Gasteiger partial charge in [-0.2, -0.15) is 0 Å². The lowest BCUT2D eigenvalue weighted by Crippen LogP contribution is -2.40. The molecule has 3 aromatic heterocycles. The second kappa shape index (κ2) is 7.35. The van der Waals surface area contributed by atoms with Crippen LogP contribution >= 0.6 is 11.3 Å². The number of pyridine rings is 1. The van der Waals surface area contributed by atoms with Crippen LogP contribution in [-0.2, 0) is 11.3 Å². The molecule has 1 N–H and O–H groups in total. The van der Waals surface area contributed by atoms with Crippen molar-refractivity contribution in [3.63, 3.8) is 0 Å². The molecule has 1 amide bonds. The first-order valence-corrected chi connectivity index (χ1v) is 9.47. The summed E-state index contributed by atoms with van der Waals surface area (Å²) in [5, 5.41) is 4.74. The van der Waals surface area contributed by atoms with Gasteiger partial charge in [0.15, 0.2) is 4.96 Å². The van der Waals surface area contributed by atoms with Gasteiger partial charge in [-0.1, -0.05) is 6.07 Å². The maximum Gasteiger partial charge on any atom is 0.258 e. The first-order chi connectivity index (χ1) is 12.7. The van der Waals surface area contributed by atoms with Gasteiger partial charge in [0.1, 0.15) is 5.82 Å². The Morgan fingerprint density at radius 1 is 1.38 bits per heavy atom. The Morgan fingerprint density at radius 2 is 2.31 bits per heavy atom. The maximum absolute atomic E-state index is 12.5. The summed E-state index contributed by atoms with van der Waals surface area (Å²) in [5.41, 5.74) is 0.691. The highest BCUT2D eigenvalue weighted by Gasteiger charge is 2.26. The lowest BCUT2D eigenvalue weighted by atomic mass is 9.97. The molecule has 134 valence electrons. The van der Waals surface area contributed by atoms with E-state index < -0.39 is 0 Å². The van der Waals surface area contributed by atoms with Gasteiger partial charge in [-0.3, -0.25) is 18.9 Å². The quantitative estimate of drug-likeness (QED) is 0.761. The summed E-state index contributed by atoms with van der Waals surface area (Å²) in [7, 11) is 0. The molecule has 7 nitrogen and oxygen atoms in total. The zero-order chi connectivity index (χ0) is 17.9. The van der Waals surface area contributed by atoms with Crippen molar-refractivity contribution in [1.29, 1.82) is 0 Å². The molecule has 1 fully saturated rings. The molecular weight excluding hydrogens is 350 g/mol. The van der Waals surface area contributed by atoms with Gasteiger partial charge in [0.05, 0.1) is 11.6 Å². The first-order valence-electron chi connectivity index (χ1n) is 8.59. The van der Waals surface area contributed by atoms with Crippen LogP contribution in [0.4, 0.5) is 5.82 Å². The molecule has 0 radical (unpaired) electrons. The van der Waals surface area contributed by atoms with Crippen molar-refractivity contribution >= 4 is 28.0 Å². The van der Waals surface area contributed by atoms with Crippen LogP contribution < -0.4 is 10.9 Å². The number of likely N-dealkylation sites (tertiary alicyclic amines) is 1. The molecular formula is C18H19N5O2S. The smallest absolute Gasteiger partial charge is 0.258 e. The summed E-state index contributed by atoms with van der Waals surface area (Å²) < 4.78 is 1.55. The summed E-state index contributed by atoms with van der Waals surface area (Å²) in [5.74, 6) is 0.486. The number of amides is 1. The fraction of sp³-hybridized carbons (Fsp3) is 0.333. The molecule has 0 saturated carbocycles. The molecule has 26 heavy (non-hydrogen) atoms. The molecule has 8 heteroatoms. The van der Waals surface area contributed by atoms with E-state index in [0.29, 0.717) is 23.9 Å². The molecule has 1 atom stereocenters. The number of aromatic nitrogens is 3. The van der Waals surface area contributed by atoms with Crippen molar-refractivity contribution in [3.05, 3.63) is 58.1 Å². The number of fused-ring (bicyclic) bond motifs is 1. The van der Waals surface area contributed by atoms with Crippen LogP contribution in [0.5, 0.6) is 0 Å². The number of carbonyl (C=O) groups excluding carboxylic acids is 1. The highest BCUT2D eigenvalue weighted by Crippen LogP contribution is 2.20. The summed E-state index contributed by atoms with van der Waals surface area (Å²) in [4.78, 5) is 36.2. The molecule has 3 aromatic rings. The molecule has 0 aliphatic carbocycles. The average Bonchev–Trinajstić information content (AvgIpc) is 3.12. The molecule has 4 heterocycles. The summed E-state index contributed by atoms with van der Waals surface area (Å²) in [6.07, 6.45) is 5.20. The van der Waals surface area contributed by atoms with Gasteiger partial charge in [-0.25, -0.2) is 9.97 Å². The number of hydrogen-bond acceptors (Lipinski definition) is 6. The van der Waals surface area contributed by atoms with Crippen molar-refractivity contribution in [2.45, 2.75) is 19.4 Å². The lowest BCUT2D eigenvalue weighted by Gasteiger charge is -2.31. The van der Waals surface area contributed by atoms with Crippen molar-refractivity contribution in [3.8, 4) is 0 Å². The van der Waals surface area contributed by atoms with E-state index in [-0.39, 0.29) is 17.4 Å². The Balaban J connectivity index is 1.42. The predicted molar refractivity (Wildman–Crippen MR) is 100 cm³/mol. The monoisotopic (exact) mass is 369 g/mol. The largest absolute Gasteiger partial charge is 0.310 e. The Kier molecular flexibility index (Phi) is 4.77. The molecule has 0 bridgehead atoms. The van der Waals surface area contributed by atoms with E-state index in [2.05, 4.69) is 20.2 Å². The minimum absolute atomic E-state index is 0.00450. The minimum Gasteiger partial charge on any atom is -0.310 e. The van der Waals surface area contributed by atoms with E-state index in [1.54, 1.807) is 28.9 Å². The van der Waals surface area contributed by atoms with Gasteiger partial charge in [0.25, 0.3) is 5.56 Å². The van der Waals surface area contributed by atoms with E-state index in [9.17, 15) is 9.59 Å². The standard InChI is InChI=1S/C18H19N5O2S/c24-16-10-14(20-18-23(16)8-9-26-18)12-22-7-3-4-13(11-22)17(25)21-15-5-1-2-6-19-15/h1-2,5-6,8-10,13H,3-4,7,11-12H2,(H,19,21,25)/t13-/m1/s1. The third-order valence-electron chi connectivity index (χ3n) is 4.53. The van der Waals surface area contributed by atoms with Crippen molar-refractivity contribution in [2.24, 2.45) is 5.92 Å². The maximum atomic E-state index is 12.5. The second-order valence-electron chi connectivity index (χ2n) is 6.42. The summed E-state index contributed by atoms with van der Waals surface area (Å²) in [6.45, 7) is 2.14. The van der Waals surface area contributed by atoms with Crippen LogP contribution in [-0.4, -0.2) is 38.3 Å². The van der Waals surface area contributed by atoms with Gasteiger partial charge in [0.2, 0.25) is 5.91 Å². The van der Waals surface area contributed by atoms with Gasteiger partial charge in [-0.15, -0.1) is 11.3 Å². The molecule has 0 aromatic carbocycles. The second-order valence-corrected chi connectivity index (χ2v) is 7.29. The van der Waals surface area contributed by atoms with Crippen molar-refractivity contribution < 1.29 is 4.79 Å². The van der Waals surface area contributed by atoms with Crippen LogP contribution in [0.25, 0.3) is 4.96 Å². The minimum atomic E-state index is -0.0858. The van der Waals surface area contributed by atoms with E-state index in [1.807, 2.05) is 17.5 Å². The van der Waals surface area contributed by atoms with Gasteiger partial charge >= 0.3 is 0 Å². The normalized spacial score (nSPS) is 18.1. The molecule has 0 unspecified atom stereocenters. The highest BCUT2D eigenvalue weighted by atomic mass is 32.1. The van der Waals surface area contributed by atoms with Crippen LogP contribution in [0.15, 0.2) is 46.8 Å². The fourth-order valence-electron chi connectivity index (χ4n) is 3.28. The summed E-state index contributed by atoms with van der Waals surface area (Å²) >= 11 is 1.45. The first kappa shape index (κ1) is 16.9. The van der Waals surface area contributed by atoms with Crippen LogP contribution in [0.2, 0.25) is 0 Å². The van der Waals surface area contributed by atoms with E-state index >= 15 is 0 Å². The number of hydrogen-bond donors (Lipinski definition) is 1. The van der Waals surface area contributed by atoms with Crippen LogP contribution in [0.3, 0.4) is 0 Å². The molecule has 1 aliphatic heterocycles. The number of rotatable bonds is 4. The van der Waals surface area contributed by atoms with Crippen LogP contribution in [0, 0.1) is 5.92 Å². The van der Waals surface area contributed by atoms with E-state index in [4.69, 9.17) is 0 Å². The van der Waals surface area contributed by atoms with E-state index in [0.717, 1.165) is 25.1 Å². The van der Waals surface area contributed by atoms with Gasteiger partial charge in [-0.05, 0) is 31.5 Å². The number of anilines is 1. The summed E-state index contributed by atoms with van der Waals surface area (Å²) in [6, 6.07) is 7.03. The average molecular weight is 369 g/mol. The Bertz CT molecular complexity index is 968. The molecule has 4 rings (SSSR count). The van der Waals surface area contributed by atoms with Gasteiger partial charge in [0, 0.05) is 36.9 Å². The highest BCUT2D eigenvalue weighted by molar-refractivity contribution is 7.15. The SMILES string of the molecule is O=C(Nc1ccccn1)[C@@H]1CCCN(Cc2cc(=O)n3ccsc3n2)C1. The number of nitrogens with zero attached hydrogens (tertiary/aromatic N) is 4. The fourth-order valence-corrected chi connectivity index (χ4v) is 4.01. The van der Waals surface area contributed by atoms with Crippen molar-refractivity contribution in [1.82, 2.24) is 19.3 Å². The number of carbonyl (C=O) groups is 1.